The number of carbonyl (C=O) groups excluding carboxylic acids is 2. The summed E-state index contributed by atoms with van der Waals surface area (Å²) in [5, 5.41) is 15.1. The van der Waals surface area contributed by atoms with E-state index in [-0.39, 0.29) is 24.1 Å². The van der Waals surface area contributed by atoms with Crippen LogP contribution in [-0.2, 0) is 18.4 Å². The van der Waals surface area contributed by atoms with Crippen LogP contribution in [0.2, 0.25) is 10.0 Å². The lowest BCUT2D eigenvalue weighted by atomic mass is 10.2. The van der Waals surface area contributed by atoms with Gasteiger partial charge in [0.15, 0.2) is 11.0 Å². The maximum Gasteiger partial charge on any atom is 0.253 e. The number of amides is 2. The Hall–Kier alpha value is -2.55. The second-order valence-corrected chi connectivity index (χ2v) is 7.69. The number of nitrogens with zero attached hydrogens (tertiary/aromatic N) is 3. The van der Waals surface area contributed by atoms with Crippen molar-refractivity contribution in [2.45, 2.75) is 11.7 Å². The molecular formula is C19H17Cl2N5O2S. The van der Waals surface area contributed by atoms with E-state index >= 15 is 0 Å². The molecule has 0 aliphatic heterocycles. The summed E-state index contributed by atoms with van der Waals surface area (Å²) in [6.07, 6.45) is 0. The van der Waals surface area contributed by atoms with Crippen LogP contribution in [0, 0.1) is 0 Å². The number of rotatable bonds is 7. The number of hydrogen-bond acceptors (Lipinski definition) is 5. The number of halogens is 2. The molecule has 0 saturated heterocycles. The fourth-order valence-corrected chi connectivity index (χ4v) is 3.54. The maximum absolute atomic E-state index is 12.3. The van der Waals surface area contributed by atoms with Gasteiger partial charge in [0.2, 0.25) is 5.91 Å². The SMILES string of the molecule is Cn1c(CNC(=O)c2ccccc2Cl)nnc1SCC(=O)Nc1ccccc1Cl. The fourth-order valence-electron chi connectivity index (χ4n) is 2.40. The monoisotopic (exact) mass is 449 g/mol. The molecule has 0 atom stereocenters. The van der Waals surface area contributed by atoms with E-state index in [1.54, 1.807) is 60.1 Å². The van der Waals surface area contributed by atoms with E-state index in [4.69, 9.17) is 23.2 Å². The van der Waals surface area contributed by atoms with E-state index in [2.05, 4.69) is 20.8 Å². The van der Waals surface area contributed by atoms with E-state index in [1.807, 2.05) is 0 Å². The van der Waals surface area contributed by atoms with Gasteiger partial charge in [0.05, 0.1) is 33.6 Å². The zero-order valence-electron chi connectivity index (χ0n) is 15.4. The van der Waals surface area contributed by atoms with Crippen molar-refractivity contribution in [2.24, 2.45) is 7.05 Å². The highest BCUT2D eigenvalue weighted by Crippen LogP contribution is 2.22. The molecule has 150 valence electrons. The van der Waals surface area contributed by atoms with Gasteiger partial charge in [-0.05, 0) is 24.3 Å². The van der Waals surface area contributed by atoms with Gasteiger partial charge in [0.25, 0.3) is 5.91 Å². The van der Waals surface area contributed by atoms with Crippen molar-refractivity contribution < 1.29 is 9.59 Å². The smallest absolute Gasteiger partial charge is 0.253 e. The van der Waals surface area contributed by atoms with Crippen molar-refractivity contribution in [3.05, 3.63) is 70.0 Å². The topological polar surface area (TPSA) is 88.9 Å². The average Bonchev–Trinajstić information content (AvgIpc) is 3.06. The van der Waals surface area contributed by atoms with Gasteiger partial charge in [-0.25, -0.2) is 0 Å². The van der Waals surface area contributed by atoms with Crippen LogP contribution in [0.4, 0.5) is 5.69 Å². The summed E-state index contributed by atoms with van der Waals surface area (Å²) in [6.45, 7) is 0.180. The Labute approximate surface area is 181 Å². The number of thioether (sulfide) groups is 1. The largest absolute Gasteiger partial charge is 0.345 e. The van der Waals surface area contributed by atoms with E-state index in [0.29, 0.717) is 32.3 Å². The van der Waals surface area contributed by atoms with Gasteiger partial charge in [-0.1, -0.05) is 59.2 Å². The molecule has 0 saturated carbocycles. The number of nitrogens with one attached hydrogen (secondary N) is 2. The molecule has 1 aromatic heterocycles. The first-order valence-corrected chi connectivity index (χ1v) is 10.3. The fraction of sp³-hybridized carbons (Fsp3) is 0.158. The van der Waals surface area contributed by atoms with Gasteiger partial charge in [-0.3, -0.25) is 9.59 Å². The van der Waals surface area contributed by atoms with E-state index < -0.39 is 0 Å². The van der Waals surface area contributed by atoms with Crippen molar-refractivity contribution in [3.63, 3.8) is 0 Å². The summed E-state index contributed by atoms with van der Waals surface area (Å²) >= 11 is 13.3. The molecule has 2 N–H and O–H groups in total. The third-order valence-electron chi connectivity index (χ3n) is 3.93. The Morgan fingerprint density at radius 1 is 1.03 bits per heavy atom. The number of aromatic nitrogens is 3. The molecule has 3 rings (SSSR count). The van der Waals surface area contributed by atoms with Gasteiger partial charge in [-0.2, -0.15) is 0 Å². The summed E-state index contributed by atoms with van der Waals surface area (Å²) in [6, 6.07) is 13.8. The van der Waals surface area contributed by atoms with Crippen LogP contribution < -0.4 is 10.6 Å². The molecule has 0 aliphatic rings. The number of carbonyl (C=O) groups is 2. The predicted octanol–water partition coefficient (Wildman–Crippen LogP) is 3.78. The highest BCUT2D eigenvalue weighted by molar-refractivity contribution is 7.99. The molecule has 10 heteroatoms. The molecule has 0 unspecified atom stereocenters. The molecule has 0 radical (unpaired) electrons. The average molecular weight is 450 g/mol. The summed E-state index contributed by atoms with van der Waals surface area (Å²) < 4.78 is 1.72. The number of para-hydroxylation sites is 1. The minimum absolute atomic E-state index is 0.142. The van der Waals surface area contributed by atoms with Gasteiger partial charge in [0, 0.05) is 7.05 Å². The molecule has 0 spiro atoms. The third-order valence-corrected chi connectivity index (χ3v) is 5.61. The van der Waals surface area contributed by atoms with Gasteiger partial charge in [0.1, 0.15) is 0 Å². The van der Waals surface area contributed by atoms with Gasteiger partial charge >= 0.3 is 0 Å². The first-order chi connectivity index (χ1) is 14.0. The first kappa shape index (κ1) is 21.2. The Morgan fingerprint density at radius 2 is 1.72 bits per heavy atom. The number of hydrogen-bond donors (Lipinski definition) is 2. The minimum atomic E-state index is -0.299. The predicted molar refractivity (Wildman–Crippen MR) is 114 cm³/mol. The molecule has 2 amide bonds. The van der Waals surface area contributed by atoms with Crippen LogP contribution in [0.5, 0.6) is 0 Å². The van der Waals surface area contributed by atoms with Gasteiger partial charge < -0.3 is 15.2 Å². The van der Waals surface area contributed by atoms with Crippen molar-refractivity contribution in [1.82, 2.24) is 20.1 Å². The zero-order chi connectivity index (χ0) is 20.8. The van der Waals surface area contributed by atoms with Crippen LogP contribution in [0.1, 0.15) is 16.2 Å². The molecule has 0 bridgehead atoms. The Kier molecular flexibility index (Phi) is 7.13. The van der Waals surface area contributed by atoms with Crippen molar-refractivity contribution in [3.8, 4) is 0 Å². The second-order valence-electron chi connectivity index (χ2n) is 5.94. The lowest BCUT2D eigenvalue weighted by Crippen LogP contribution is -2.24. The Bertz CT molecular complexity index is 1040. The quantitative estimate of drug-likeness (QED) is 0.535. The van der Waals surface area contributed by atoms with Crippen molar-refractivity contribution in [1.29, 1.82) is 0 Å². The Morgan fingerprint density at radius 3 is 2.45 bits per heavy atom. The molecule has 3 aromatic rings. The van der Waals surface area contributed by atoms with Crippen LogP contribution in [0.3, 0.4) is 0 Å². The van der Waals surface area contributed by atoms with Crippen LogP contribution in [-0.4, -0.2) is 32.3 Å². The standard InChI is InChI=1S/C19H17Cl2N5O2S/c1-26-16(10-22-18(28)12-6-2-3-7-13(12)20)24-25-19(26)29-11-17(27)23-15-9-5-4-8-14(15)21/h2-9H,10-11H2,1H3,(H,22,28)(H,23,27). The van der Waals surface area contributed by atoms with Crippen LogP contribution in [0.15, 0.2) is 53.7 Å². The van der Waals surface area contributed by atoms with Crippen molar-refractivity contribution >= 4 is 52.5 Å². The molecule has 0 fully saturated rings. The van der Waals surface area contributed by atoms with E-state index in [0.717, 1.165) is 0 Å². The van der Waals surface area contributed by atoms with E-state index in [9.17, 15) is 9.59 Å². The van der Waals surface area contributed by atoms with Crippen LogP contribution >= 0.6 is 35.0 Å². The third kappa shape index (κ3) is 5.50. The summed E-state index contributed by atoms with van der Waals surface area (Å²) in [5.74, 6) is 0.189. The molecule has 29 heavy (non-hydrogen) atoms. The van der Waals surface area contributed by atoms with Crippen molar-refractivity contribution in [2.75, 3.05) is 11.1 Å². The highest BCUT2D eigenvalue weighted by Gasteiger charge is 2.14. The van der Waals surface area contributed by atoms with Crippen LogP contribution in [0.25, 0.3) is 0 Å². The highest BCUT2D eigenvalue weighted by atomic mass is 35.5. The Balaban J connectivity index is 1.54. The number of benzene rings is 2. The zero-order valence-corrected chi connectivity index (χ0v) is 17.7. The normalized spacial score (nSPS) is 10.6. The minimum Gasteiger partial charge on any atom is -0.345 e. The molecular weight excluding hydrogens is 433 g/mol. The summed E-state index contributed by atoms with van der Waals surface area (Å²) in [7, 11) is 1.77. The summed E-state index contributed by atoms with van der Waals surface area (Å²) in [5.41, 5.74) is 0.947. The molecule has 2 aromatic carbocycles. The number of anilines is 1. The first-order valence-electron chi connectivity index (χ1n) is 8.54. The molecule has 1 heterocycles. The maximum atomic E-state index is 12.3. The molecule has 0 aliphatic carbocycles. The lowest BCUT2D eigenvalue weighted by molar-refractivity contribution is -0.113. The van der Waals surface area contributed by atoms with Gasteiger partial charge in [-0.15, -0.1) is 10.2 Å². The lowest BCUT2D eigenvalue weighted by Gasteiger charge is -2.08. The summed E-state index contributed by atoms with van der Waals surface area (Å²) in [4.78, 5) is 24.4. The second kappa shape index (κ2) is 9.78. The molecule has 7 nitrogen and oxygen atoms in total. The van der Waals surface area contributed by atoms with E-state index in [1.165, 1.54) is 11.8 Å².